The Morgan fingerprint density at radius 2 is 1.74 bits per heavy atom. The van der Waals surface area contributed by atoms with Crippen LogP contribution in [0.4, 0.5) is 0 Å². The Kier molecular flexibility index (Phi) is 3.27. The van der Waals surface area contributed by atoms with E-state index in [1.807, 2.05) is 12.1 Å². The number of aryl methyl sites for hydroxylation is 1. The maximum atomic E-state index is 6.33. The maximum absolute atomic E-state index is 6.33. The van der Waals surface area contributed by atoms with Crippen LogP contribution in [0.1, 0.15) is 24.8 Å². The lowest BCUT2D eigenvalue weighted by molar-refractivity contribution is 0.0167. The number of benzene rings is 1. The summed E-state index contributed by atoms with van der Waals surface area (Å²) in [5.41, 5.74) is 1.25. The summed E-state index contributed by atoms with van der Waals surface area (Å²) in [6.07, 6.45) is 4.31. The molecule has 0 saturated carbocycles. The van der Waals surface area contributed by atoms with E-state index in [0.29, 0.717) is 0 Å². The van der Waals surface area contributed by atoms with Crippen LogP contribution in [0.2, 0.25) is 0 Å². The van der Waals surface area contributed by atoms with Gasteiger partial charge in [0, 0.05) is 6.07 Å². The van der Waals surface area contributed by atoms with Crippen LogP contribution in [0.15, 0.2) is 12.1 Å². The van der Waals surface area contributed by atoms with Crippen molar-refractivity contribution < 1.29 is 14.2 Å². The quantitative estimate of drug-likeness (QED) is 0.887. The molecule has 0 aromatic heterocycles. The molecular formula is C15H21NO3. The number of piperidine rings is 1. The molecule has 0 radical (unpaired) electrons. The maximum Gasteiger partial charge on any atom is 0.164 e. The number of rotatable bonds is 2. The zero-order chi connectivity index (χ0) is 13.3. The van der Waals surface area contributed by atoms with E-state index < -0.39 is 0 Å². The Bertz CT molecular complexity index is 467. The second-order valence-corrected chi connectivity index (χ2v) is 5.35. The molecule has 0 amide bonds. The van der Waals surface area contributed by atoms with Crippen LogP contribution in [-0.4, -0.2) is 32.9 Å². The van der Waals surface area contributed by atoms with E-state index in [4.69, 9.17) is 14.2 Å². The summed E-state index contributed by atoms with van der Waals surface area (Å²) in [5, 5.41) is 3.40. The average Bonchev–Trinajstić information content (AvgIpc) is 2.46. The number of ether oxygens (including phenoxy) is 3. The molecule has 2 aliphatic rings. The highest BCUT2D eigenvalue weighted by Gasteiger charge is 2.37. The molecule has 1 N–H and O–H groups in total. The lowest BCUT2D eigenvalue weighted by Gasteiger charge is -2.41. The van der Waals surface area contributed by atoms with E-state index in [-0.39, 0.29) is 5.60 Å². The van der Waals surface area contributed by atoms with Gasteiger partial charge in [0.15, 0.2) is 11.5 Å². The standard InChI is InChI=1S/C15H21NO3/c1-17-13-9-11-3-4-15(5-7-16-8-6-15)19-12(11)10-14(13)18-2/h9-10,16H,3-8H2,1-2H3. The monoisotopic (exact) mass is 263 g/mol. The van der Waals surface area contributed by atoms with Gasteiger partial charge in [-0.05, 0) is 50.4 Å². The van der Waals surface area contributed by atoms with Crippen LogP contribution >= 0.6 is 0 Å². The largest absolute Gasteiger partial charge is 0.493 e. The summed E-state index contributed by atoms with van der Waals surface area (Å²) in [7, 11) is 3.33. The lowest BCUT2D eigenvalue weighted by Crippen LogP contribution is -2.48. The Hall–Kier alpha value is -1.42. The Balaban J connectivity index is 1.91. The van der Waals surface area contributed by atoms with Crippen molar-refractivity contribution in [2.24, 2.45) is 0 Å². The van der Waals surface area contributed by atoms with Crippen molar-refractivity contribution in [3.05, 3.63) is 17.7 Å². The first-order valence-corrected chi connectivity index (χ1v) is 6.91. The molecular weight excluding hydrogens is 242 g/mol. The minimum atomic E-state index is 0.0256. The van der Waals surface area contributed by atoms with Crippen molar-refractivity contribution in [1.29, 1.82) is 0 Å². The third kappa shape index (κ3) is 2.25. The fraction of sp³-hybridized carbons (Fsp3) is 0.600. The van der Waals surface area contributed by atoms with Gasteiger partial charge in [-0.3, -0.25) is 0 Å². The number of hydrogen-bond donors (Lipinski definition) is 1. The smallest absolute Gasteiger partial charge is 0.164 e. The third-order valence-electron chi connectivity index (χ3n) is 4.26. The van der Waals surface area contributed by atoms with Crippen molar-refractivity contribution in [3.8, 4) is 17.2 Å². The fourth-order valence-corrected chi connectivity index (χ4v) is 3.07. The summed E-state index contributed by atoms with van der Waals surface area (Å²) in [6.45, 7) is 2.09. The second kappa shape index (κ2) is 4.93. The Labute approximate surface area is 114 Å². The van der Waals surface area contributed by atoms with Gasteiger partial charge in [0.25, 0.3) is 0 Å². The predicted molar refractivity (Wildman–Crippen MR) is 73.3 cm³/mol. The number of nitrogens with one attached hydrogen (secondary N) is 1. The molecule has 1 spiro atoms. The first-order chi connectivity index (χ1) is 9.26. The molecule has 4 heteroatoms. The van der Waals surface area contributed by atoms with Gasteiger partial charge in [-0.1, -0.05) is 0 Å². The molecule has 0 unspecified atom stereocenters. The van der Waals surface area contributed by atoms with Gasteiger partial charge >= 0.3 is 0 Å². The molecule has 1 saturated heterocycles. The van der Waals surface area contributed by atoms with Crippen LogP contribution < -0.4 is 19.5 Å². The van der Waals surface area contributed by atoms with Crippen molar-refractivity contribution in [3.63, 3.8) is 0 Å². The highest BCUT2D eigenvalue weighted by molar-refractivity contribution is 5.51. The normalized spacial score (nSPS) is 20.5. The third-order valence-corrected chi connectivity index (χ3v) is 4.26. The molecule has 19 heavy (non-hydrogen) atoms. The molecule has 1 aromatic carbocycles. The molecule has 0 bridgehead atoms. The van der Waals surface area contributed by atoms with Crippen molar-refractivity contribution in [2.75, 3.05) is 27.3 Å². The van der Waals surface area contributed by atoms with Gasteiger partial charge in [-0.2, -0.15) is 0 Å². The molecule has 104 valence electrons. The highest BCUT2D eigenvalue weighted by atomic mass is 16.5. The first-order valence-electron chi connectivity index (χ1n) is 6.91. The van der Waals surface area contributed by atoms with Crippen LogP contribution in [0.5, 0.6) is 17.2 Å². The zero-order valence-corrected chi connectivity index (χ0v) is 11.6. The predicted octanol–water partition coefficient (Wildman–Crippen LogP) is 2.15. The topological polar surface area (TPSA) is 39.7 Å². The van der Waals surface area contributed by atoms with Crippen molar-refractivity contribution in [1.82, 2.24) is 5.32 Å². The highest BCUT2D eigenvalue weighted by Crippen LogP contribution is 2.43. The molecule has 3 rings (SSSR count). The number of methoxy groups -OCH3 is 2. The van der Waals surface area contributed by atoms with E-state index in [1.165, 1.54) is 5.56 Å². The van der Waals surface area contributed by atoms with E-state index in [2.05, 4.69) is 5.32 Å². The molecule has 4 nitrogen and oxygen atoms in total. The Morgan fingerprint density at radius 1 is 1.05 bits per heavy atom. The van der Waals surface area contributed by atoms with E-state index in [0.717, 1.165) is 56.0 Å². The molecule has 2 heterocycles. The van der Waals surface area contributed by atoms with Gasteiger partial charge in [0.1, 0.15) is 11.4 Å². The van der Waals surface area contributed by atoms with Gasteiger partial charge in [0.05, 0.1) is 14.2 Å². The molecule has 1 fully saturated rings. The van der Waals surface area contributed by atoms with Crippen LogP contribution in [0, 0.1) is 0 Å². The zero-order valence-electron chi connectivity index (χ0n) is 11.6. The van der Waals surface area contributed by atoms with Crippen LogP contribution in [-0.2, 0) is 6.42 Å². The SMILES string of the molecule is COc1cc2c(cc1OC)OC1(CCNCC1)CC2. The van der Waals surface area contributed by atoms with Crippen LogP contribution in [0.25, 0.3) is 0 Å². The summed E-state index contributed by atoms with van der Waals surface area (Å²) < 4.78 is 17.0. The van der Waals surface area contributed by atoms with Gasteiger partial charge in [-0.25, -0.2) is 0 Å². The van der Waals surface area contributed by atoms with Gasteiger partial charge in [0.2, 0.25) is 0 Å². The second-order valence-electron chi connectivity index (χ2n) is 5.35. The van der Waals surface area contributed by atoms with Gasteiger partial charge in [-0.15, -0.1) is 0 Å². The lowest BCUT2D eigenvalue weighted by atomic mass is 9.83. The first kappa shape index (κ1) is 12.6. The Morgan fingerprint density at radius 3 is 2.42 bits per heavy atom. The van der Waals surface area contributed by atoms with Crippen molar-refractivity contribution in [2.45, 2.75) is 31.3 Å². The van der Waals surface area contributed by atoms with E-state index in [1.54, 1.807) is 14.2 Å². The minimum absolute atomic E-state index is 0.0256. The summed E-state index contributed by atoms with van der Waals surface area (Å²) in [6, 6.07) is 4.01. The van der Waals surface area contributed by atoms with Crippen LogP contribution in [0.3, 0.4) is 0 Å². The number of fused-ring (bicyclic) bond motifs is 1. The summed E-state index contributed by atoms with van der Waals surface area (Å²) in [4.78, 5) is 0. The number of hydrogen-bond acceptors (Lipinski definition) is 4. The summed E-state index contributed by atoms with van der Waals surface area (Å²) in [5.74, 6) is 2.49. The van der Waals surface area contributed by atoms with Crippen molar-refractivity contribution >= 4 is 0 Å². The molecule has 2 aliphatic heterocycles. The molecule has 0 atom stereocenters. The average molecular weight is 263 g/mol. The minimum Gasteiger partial charge on any atom is -0.493 e. The van der Waals surface area contributed by atoms with E-state index in [9.17, 15) is 0 Å². The molecule has 1 aromatic rings. The fourth-order valence-electron chi connectivity index (χ4n) is 3.07. The van der Waals surface area contributed by atoms with Gasteiger partial charge < -0.3 is 19.5 Å². The molecule has 0 aliphatic carbocycles. The summed E-state index contributed by atoms with van der Waals surface area (Å²) >= 11 is 0. The van der Waals surface area contributed by atoms with E-state index >= 15 is 0 Å².